The highest BCUT2D eigenvalue weighted by molar-refractivity contribution is 5.77. The van der Waals surface area contributed by atoms with Crippen LogP contribution in [0.2, 0.25) is 0 Å². The van der Waals surface area contributed by atoms with Crippen molar-refractivity contribution in [3.8, 4) is 78.7 Å². The number of aromatic nitrogens is 3. The fraction of sp³-hybridized carbons (Fsp3) is 0. The second kappa shape index (κ2) is 13.1. The lowest BCUT2D eigenvalue weighted by Gasteiger charge is -2.11. The monoisotopic (exact) mass is 613 g/mol. The Morgan fingerprint density at radius 1 is 0.188 bits per heavy atom. The minimum Gasteiger partial charge on any atom is -0.208 e. The van der Waals surface area contributed by atoms with Crippen molar-refractivity contribution in [3.05, 3.63) is 188 Å². The first-order valence-corrected chi connectivity index (χ1v) is 16.1. The zero-order chi connectivity index (χ0) is 32.1. The molecular weight excluding hydrogens is 583 g/mol. The van der Waals surface area contributed by atoms with Crippen molar-refractivity contribution in [2.75, 3.05) is 0 Å². The van der Waals surface area contributed by atoms with Crippen LogP contribution in [0.4, 0.5) is 0 Å². The van der Waals surface area contributed by atoms with Gasteiger partial charge in [0, 0.05) is 16.7 Å². The van der Waals surface area contributed by atoms with Crippen LogP contribution in [-0.2, 0) is 0 Å². The molecule has 8 aromatic rings. The minimum atomic E-state index is 0.640. The van der Waals surface area contributed by atoms with Gasteiger partial charge in [0.15, 0.2) is 17.5 Å². The average molecular weight is 614 g/mol. The largest absolute Gasteiger partial charge is 0.208 e. The van der Waals surface area contributed by atoms with Gasteiger partial charge in [-0.05, 0) is 56.6 Å². The maximum Gasteiger partial charge on any atom is 0.164 e. The third-order valence-electron chi connectivity index (χ3n) is 8.56. The molecule has 0 aliphatic rings. The Balaban J connectivity index is 1.13. The Bertz CT molecular complexity index is 2300. The van der Waals surface area contributed by atoms with Crippen molar-refractivity contribution in [1.29, 1.82) is 0 Å². The highest BCUT2D eigenvalue weighted by Gasteiger charge is 2.14. The maximum atomic E-state index is 5.03. The predicted molar refractivity (Wildman–Crippen MR) is 198 cm³/mol. The van der Waals surface area contributed by atoms with Crippen LogP contribution in [0.15, 0.2) is 188 Å². The van der Waals surface area contributed by atoms with E-state index in [1.165, 1.54) is 22.3 Å². The second-order valence-electron chi connectivity index (χ2n) is 11.7. The minimum absolute atomic E-state index is 0.640. The first-order chi connectivity index (χ1) is 23.8. The standard InChI is InChI=1S/C45H31N3/c1-4-12-32(13-5-1)34-22-24-35(25-23-34)36-26-28-37(29-27-36)40-19-11-21-42(31-40)45-47-43(38-16-8-3-9-17-38)46-44(48-45)41-20-10-18-39(30-41)33-14-6-2-7-15-33/h1-31H. The van der Waals surface area contributed by atoms with Gasteiger partial charge in [-0.2, -0.15) is 0 Å². The van der Waals surface area contributed by atoms with E-state index in [4.69, 9.17) is 15.0 Å². The predicted octanol–water partition coefficient (Wildman–Crippen LogP) is 11.5. The van der Waals surface area contributed by atoms with Crippen molar-refractivity contribution in [1.82, 2.24) is 15.0 Å². The first-order valence-electron chi connectivity index (χ1n) is 16.1. The summed E-state index contributed by atoms with van der Waals surface area (Å²) in [4.78, 5) is 15.0. The summed E-state index contributed by atoms with van der Waals surface area (Å²) >= 11 is 0. The van der Waals surface area contributed by atoms with Crippen LogP contribution < -0.4 is 0 Å². The summed E-state index contributed by atoms with van der Waals surface area (Å²) in [5.74, 6) is 1.93. The Morgan fingerprint density at radius 2 is 0.438 bits per heavy atom. The van der Waals surface area contributed by atoms with E-state index in [9.17, 15) is 0 Å². The molecule has 0 amide bonds. The van der Waals surface area contributed by atoms with Crippen LogP contribution in [0.25, 0.3) is 78.7 Å². The van der Waals surface area contributed by atoms with Crippen LogP contribution in [0.3, 0.4) is 0 Å². The molecule has 3 heteroatoms. The molecule has 226 valence electrons. The van der Waals surface area contributed by atoms with E-state index in [0.29, 0.717) is 17.5 Å². The van der Waals surface area contributed by atoms with Crippen LogP contribution >= 0.6 is 0 Å². The van der Waals surface area contributed by atoms with Gasteiger partial charge in [-0.15, -0.1) is 0 Å². The molecule has 48 heavy (non-hydrogen) atoms. The summed E-state index contributed by atoms with van der Waals surface area (Å²) in [6.45, 7) is 0. The van der Waals surface area contributed by atoms with Crippen molar-refractivity contribution in [3.63, 3.8) is 0 Å². The molecule has 0 aliphatic heterocycles. The lowest BCUT2D eigenvalue weighted by atomic mass is 9.97. The van der Waals surface area contributed by atoms with Crippen LogP contribution in [0.1, 0.15) is 0 Å². The molecule has 0 saturated heterocycles. The third kappa shape index (κ3) is 6.18. The van der Waals surface area contributed by atoms with Gasteiger partial charge in [0.1, 0.15) is 0 Å². The molecule has 1 heterocycles. The summed E-state index contributed by atoms with van der Waals surface area (Å²) < 4.78 is 0. The van der Waals surface area contributed by atoms with Crippen molar-refractivity contribution in [2.24, 2.45) is 0 Å². The molecule has 0 radical (unpaired) electrons. The van der Waals surface area contributed by atoms with E-state index >= 15 is 0 Å². The molecule has 0 aliphatic carbocycles. The summed E-state index contributed by atoms with van der Waals surface area (Å²) in [6, 6.07) is 65.3. The lowest BCUT2D eigenvalue weighted by molar-refractivity contribution is 1.07. The van der Waals surface area contributed by atoms with Crippen LogP contribution in [0.5, 0.6) is 0 Å². The number of nitrogens with zero attached hydrogens (tertiary/aromatic N) is 3. The SMILES string of the molecule is c1ccc(-c2ccc(-c3ccc(-c4cccc(-c5nc(-c6ccccc6)nc(-c6cccc(-c7ccccc7)c6)n5)c4)cc3)cc2)cc1. The fourth-order valence-corrected chi connectivity index (χ4v) is 6.00. The summed E-state index contributed by atoms with van der Waals surface area (Å²) in [5, 5.41) is 0. The van der Waals surface area contributed by atoms with Gasteiger partial charge in [0.25, 0.3) is 0 Å². The zero-order valence-corrected chi connectivity index (χ0v) is 26.2. The van der Waals surface area contributed by atoms with E-state index in [0.717, 1.165) is 38.9 Å². The smallest absolute Gasteiger partial charge is 0.164 e. The summed E-state index contributed by atoms with van der Waals surface area (Å²) in [6.07, 6.45) is 0. The zero-order valence-electron chi connectivity index (χ0n) is 26.2. The molecule has 1 aromatic heterocycles. The number of hydrogen-bond donors (Lipinski definition) is 0. The van der Waals surface area contributed by atoms with Crippen molar-refractivity contribution in [2.45, 2.75) is 0 Å². The Kier molecular flexibility index (Phi) is 7.92. The molecule has 0 unspecified atom stereocenters. The molecule has 0 bridgehead atoms. The Morgan fingerprint density at radius 3 is 0.833 bits per heavy atom. The normalized spacial score (nSPS) is 10.9. The van der Waals surface area contributed by atoms with Gasteiger partial charge < -0.3 is 0 Å². The molecular formula is C45H31N3. The van der Waals surface area contributed by atoms with Crippen molar-refractivity contribution >= 4 is 0 Å². The molecule has 7 aromatic carbocycles. The van der Waals surface area contributed by atoms with Gasteiger partial charge in [0.2, 0.25) is 0 Å². The molecule has 3 nitrogen and oxygen atoms in total. The summed E-state index contributed by atoms with van der Waals surface area (Å²) in [5.41, 5.74) is 12.2. The average Bonchev–Trinajstić information content (AvgIpc) is 3.19. The quantitative estimate of drug-likeness (QED) is 0.179. The van der Waals surface area contributed by atoms with E-state index in [1.54, 1.807) is 0 Å². The lowest BCUT2D eigenvalue weighted by Crippen LogP contribution is -2.00. The van der Waals surface area contributed by atoms with Crippen LogP contribution in [0, 0.1) is 0 Å². The molecule has 0 atom stereocenters. The highest BCUT2D eigenvalue weighted by Crippen LogP contribution is 2.31. The van der Waals surface area contributed by atoms with Crippen molar-refractivity contribution < 1.29 is 0 Å². The summed E-state index contributed by atoms with van der Waals surface area (Å²) in [7, 11) is 0. The van der Waals surface area contributed by atoms with Gasteiger partial charge in [0.05, 0.1) is 0 Å². The van der Waals surface area contributed by atoms with Gasteiger partial charge in [-0.1, -0.05) is 176 Å². The Labute approximate surface area is 280 Å². The molecule has 0 fully saturated rings. The van der Waals surface area contributed by atoms with E-state index < -0.39 is 0 Å². The first kappa shape index (κ1) is 29.0. The fourth-order valence-electron chi connectivity index (χ4n) is 6.00. The van der Waals surface area contributed by atoms with Gasteiger partial charge in [-0.25, -0.2) is 15.0 Å². The number of hydrogen-bond acceptors (Lipinski definition) is 3. The molecule has 8 rings (SSSR count). The van der Waals surface area contributed by atoms with E-state index in [1.807, 2.05) is 42.5 Å². The highest BCUT2D eigenvalue weighted by atomic mass is 15.0. The number of benzene rings is 7. The maximum absolute atomic E-state index is 5.03. The molecule has 0 spiro atoms. The van der Waals surface area contributed by atoms with Crippen LogP contribution in [-0.4, -0.2) is 15.0 Å². The topological polar surface area (TPSA) is 38.7 Å². The van der Waals surface area contributed by atoms with Gasteiger partial charge >= 0.3 is 0 Å². The van der Waals surface area contributed by atoms with E-state index in [2.05, 4.69) is 146 Å². The molecule has 0 N–H and O–H groups in total. The van der Waals surface area contributed by atoms with E-state index in [-0.39, 0.29) is 0 Å². The van der Waals surface area contributed by atoms with Gasteiger partial charge in [-0.3, -0.25) is 0 Å². The molecule has 0 saturated carbocycles. The third-order valence-corrected chi connectivity index (χ3v) is 8.56. The Hall–Kier alpha value is -6.45. The second-order valence-corrected chi connectivity index (χ2v) is 11.7. The number of rotatable bonds is 7.